The fourth-order valence-electron chi connectivity index (χ4n) is 0.927. The minimum atomic E-state index is -4.66. The first-order valence-electron chi connectivity index (χ1n) is 5.00. The third kappa shape index (κ3) is 9.61. The summed E-state index contributed by atoms with van der Waals surface area (Å²) in [5, 5.41) is 1.66. The molecule has 0 aromatic rings. The van der Waals surface area contributed by atoms with Crippen LogP contribution in [0.2, 0.25) is 0 Å². The molecule has 0 heterocycles. The molecule has 18 heavy (non-hydrogen) atoms. The number of hydrogen-bond donors (Lipinski definition) is 1. The summed E-state index contributed by atoms with van der Waals surface area (Å²) < 4.78 is 40.1. The zero-order valence-electron chi connectivity index (χ0n) is 10.2. The Morgan fingerprint density at radius 1 is 1.11 bits per heavy atom. The second-order valence-corrected chi connectivity index (χ2v) is 4.56. The van der Waals surface area contributed by atoms with E-state index in [1.54, 1.807) is 26.1 Å². The van der Waals surface area contributed by atoms with E-state index >= 15 is 0 Å². The number of nitrogens with one attached hydrogen (secondary N) is 1. The lowest BCUT2D eigenvalue weighted by Gasteiger charge is -2.19. The van der Waals surface area contributed by atoms with Crippen LogP contribution in [0.5, 0.6) is 0 Å². The highest BCUT2D eigenvalue weighted by Crippen LogP contribution is 2.20. The van der Waals surface area contributed by atoms with Gasteiger partial charge in [0.15, 0.2) is 5.78 Å². The molecule has 0 atom stereocenters. The van der Waals surface area contributed by atoms with Crippen molar-refractivity contribution in [2.75, 3.05) is 0 Å². The van der Waals surface area contributed by atoms with E-state index in [9.17, 15) is 27.6 Å². The van der Waals surface area contributed by atoms with Crippen LogP contribution in [0.1, 0.15) is 33.6 Å². The van der Waals surface area contributed by atoms with E-state index in [2.05, 4.69) is 4.74 Å². The van der Waals surface area contributed by atoms with Gasteiger partial charge >= 0.3 is 12.3 Å². The maximum absolute atomic E-state index is 11.8. The fraction of sp³-hybridized carbons (Fsp3) is 0.700. The van der Waals surface area contributed by atoms with Crippen molar-refractivity contribution in [3.8, 4) is 0 Å². The summed E-state index contributed by atoms with van der Waals surface area (Å²) in [5.41, 5.74) is -0.847. The first-order chi connectivity index (χ1) is 7.89. The molecule has 0 aromatic heterocycles. The molecule has 0 spiro atoms. The normalized spacial score (nSPS) is 11.9. The Kier molecular flexibility index (Phi) is 5.31. The zero-order chi connectivity index (χ0) is 14.6. The number of Topliss-reactive ketones (excluding diaryl/α,β-unsaturated/α-hetero) is 1. The standard InChI is InChI=1S/C10H14F3NO4/c1-9(2,3)18-8(17)14-7(16)4-6(15)5-10(11,12)13/h4-5H2,1-3H3,(H,14,16,17). The van der Waals surface area contributed by atoms with Crippen molar-refractivity contribution in [3.63, 3.8) is 0 Å². The van der Waals surface area contributed by atoms with Gasteiger partial charge in [-0.3, -0.25) is 14.9 Å². The molecule has 2 amide bonds. The van der Waals surface area contributed by atoms with Gasteiger partial charge in [0.2, 0.25) is 5.91 Å². The molecule has 0 aliphatic carbocycles. The first kappa shape index (κ1) is 16.4. The predicted molar refractivity (Wildman–Crippen MR) is 54.7 cm³/mol. The van der Waals surface area contributed by atoms with E-state index in [4.69, 9.17) is 0 Å². The van der Waals surface area contributed by atoms with Crippen molar-refractivity contribution in [1.29, 1.82) is 0 Å². The lowest BCUT2D eigenvalue weighted by atomic mass is 10.2. The average Bonchev–Trinajstić information content (AvgIpc) is 1.92. The summed E-state index contributed by atoms with van der Waals surface area (Å²) in [4.78, 5) is 32.9. The quantitative estimate of drug-likeness (QED) is 0.795. The lowest BCUT2D eigenvalue weighted by Crippen LogP contribution is -2.37. The zero-order valence-corrected chi connectivity index (χ0v) is 10.2. The molecule has 0 aromatic carbocycles. The van der Waals surface area contributed by atoms with Gasteiger partial charge in [0.05, 0.1) is 6.42 Å². The number of carbonyl (C=O) groups excluding carboxylic acids is 3. The van der Waals surface area contributed by atoms with Crippen LogP contribution in [0.4, 0.5) is 18.0 Å². The Hall–Kier alpha value is -1.60. The van der Waals surface area contributed by atoms with Gasteiger partial charge in [-0.25, -0.2) is 4.79 Å². The van der Waals surface area contributed by atoms with E-state index in [1.165, 1.54) is 0 Å². The van der Waals surface area contributed by atoms with Crippen LogP contribution < -0.4 is 5.32 Å². The third-order valence-electron chi connectivity index (χ3n) is 1.40. The van der Waals surface area contributed by atoms with Crippen LogP contribution in [0.25, 0.3) is 0 Å². The smallest absolute Gasteiger partial charge is 0.414 e. The van der Waals surface area contributed by atoms with Gasteiger partial charge in [0.1, 0.15) is 12.0 Å². The number of amides is 2. The molecular weight excluding hydrogens is 255 g/mol. The minimum Gasteiger partial charge on any atom is -0.444 e. The van der Waals surface area contributed by atoms with Crippen molar-refractivity contribution in [2.45, 2.75) is 45.4 Å². The maximum Gasteiger partial charge on any atom is 0.414 e. The van der Waals surface area contributed by atoms with Gasteiger partial charge in [-0.05, 0) is 20.8 Å². The average molecular weight is 269 g/mol. The second kappa shape index (κ2) is 5.83. The van der Waals surface area contributed by atoms with E-state index < -0.39 is 42.4 Å². The SMILES string of the molecule is CC(C)(C)OC(=O)NC(=O)CC(=O)CC(F)(F)F. The lowest BCUT2D eigenvalue weighted by molar-refractivity contribution is -0.152. The Morgan fingerprint density at radius 2 is 1.61 bits per heavy atom. The van der Waals surface area contributed by atoms with Gasteiger partial charge in [0.25, 0.3) is 0 Å². The molecule has 0 saturated carbocycles. The van der Waals surface area contributed by atoms with Gasteiger partial charge in [-0.15, -0.1) is 0 Å². The summed E-state index contributed by atoms with van der Waals surface area (Å²) in [6.07, 6.45) is -8.48. The molecule has 8 heteroatoms. The van der Waals surface area contributed by atoms with Crippen LogP contribution >= 0.6 is 0 Å². The van der Waals surface area contributed by atoms with Gasteiger partial charge < -0.3 is 4.74 Å². The highest BCUT2D eigenvalue weighted by molar-refractivity contribution is 6.03. The van der Waals surface area contributed by atoms with Crippen molar-refractivity contribution >= 4 is 17.8 Å². The number of halogens is 3. The van der Waals surface area contributed by atoms with Crippen LogP contribution in [0.3, 0.4) is 0 Å². The molecule has 0 aliphatic rings. The minimum absolute atomic E-state index is 0.847. The summed E-state index contributed by atoms with van der Waals surface area (Å²) in [7, 11) is 0. The first-order valence-corrected chi connectivity index (χ1v) is 5.00. The number of alkyl carbamates (subject to hydrolysis) is 1. The van der Waals surface area contributed by atoms with E-state index in [1.807, 2.05) is 0 Å². The Labute approximate surface area is 102 Å². The highest BCUT2D eigenvalue weighted by atomic mass is 19.4. The Morgan fingerprint density at radius 3 is 2.00 bits per heavy atom. The van der Waals surface area contributed by atoms with Gasteiger partial charge in [-0.2, -0.15) is 13.2 Å². The van der Waals surface area contributed by atoms with Crippen LogP contribution in [0.15, 0.2) is 0 Å². The molecular formula is C10H14F3NO4. The van der Waals surface area contributed by atoms with Crippen molar-refractivity contribution in [2.24, 2.45) is 0 Å². The van der Waals surface area contributed by atoms with Crippen molar-refractivity contribution in [1.82, 2.24) is 5.32 Å². The number of alkyl halides is 3. The molecule has 0 aliphatic heterocycles. The molecule has 1 N–H and O–H groups in total. The van der Waals surface area contributed by atoms with Gasteiger partial charge in [-0.1, -0.05) is 0 Å². The Balaban J connectivity index is 4.13. The fourth-order valence-corrected chi connectivity index (χ4v) is 0.927. The molecule has 0 unspecified atom stereocenters. The van der Waals surface area contributed by atoms with E-state index in [0.717, 1.165) is 0 Å². The van der Waals surface area contributed by atoms with Crippen LogP contribution in [-0.2, 0) is 14.3 Å². The predicted octanol–water partition coefficient (Wildman–Crippen LogP) is 1.95. The topological polar surface area (TPSA) is 72.5 Å². The number of hydrogen-bond acceptors (Lipinski definition) is 4. The Bertz CT molecular complexity index is 312. The molecule has 0 bridgehead atoms. The maximum atomic E-state index is 11.8. The monoisotopic (exact) mass is 269 g/mol. The van der Waals surface area contributed by atoms with Crippen LogP contribution in [-0.4, -0.2) is 29.6 Å². The molecule has 104 valence electrons. The summed E-state index contributed by atoms with van der Waals surface area (Å²) in [5.74, 6) is -2.44. The summed E-state index contributed by atoms with van der Waals surface area (Å²) in [6, 6.07) is 0. The molecule has 5 nitrogen and oxygen atoms in total. The molecule has 0 rings (SSSR count). The third-order valence-corrected chi connectivity index (χ3v) is 1.40. The van der Waals surface area contributed by atoms with E-state index in [0.29, 0.717) is 0 Å². The number of imide groups is 1. The van der Waals surface area contributed by atoms with Crippen LogP contribution in [0, 0.1) is 0 Å². The number of carbonyl (C=O) groups is 3. The second-order valence-electron chi connectivity index (χ2n) is 4.56. The van der Waals surface area contributed by atoms with Gasteiger partial charge in [0, 0.05) is 0 Å². The number of ketones is 1. The largest absolute Gasteiger partial charge is 0.444 e. The highest BCUT2D eigenvalue weighted by Gasteiger charge is 2.32. The molecule has 0 saturated heterocycles. The van der Waals surface area contributed by atoms with E-state index in [-0.39, 0.29) is 0 Å². The van der Waals surface area contributed by atoms with Crippen molar-refractivity contribution < 1.29 is 32.3 Å². The molecule has 0 fully saturated rings. The molecule has 0 radical (unpaired) electrons. The summed E-state index contributed by atoms with van der Waals surface area (Å²) >= 11 is 0. The summed E-state index contributed by atoms with van der Waals surface area (Å²) in [6.45, 7) is 4.64. The number of rotatable bonds is 3. The number of ether oxygens (including phenoxy) is 1. The van der Waals surface area contributed by atoms with Crippen molar-refractivity contribution in [3.05, 3.63) is 0 Å².